The lowest BCUT2D eigenvalue weighted by atomic mass is 10.1. The van der Waals surface area contributed by atoms with E-state index in [4.69, 9.17) is 37.8 Å². The van der Waals surface area contributed by atoms with Crippen molar-refractivity contribution < 1.29 is 29.0 Å². The number of aliphatic carboxylic acids is 1. The molecule has 0 aromatic heterocycles. The predicted octanol–water partition coefficient (Wildman–Crippen LogP) is 5.09. The number of imide groups is 1. The van der Waals surface area contributed by atoms with Gasteiger partial charge in [0.15, 0.2) is 18.1 Å². The Bertz CT molecular complexity index is 1070. The lowest BCUT2D eigenvalue weighted by Gasteiger charge is -2.13. The highest BCUT2D eigenvalue weighted by atomic mass is 35.5. The number of hydrogen-bond donors (Lipinski definition) is 1. The highest BCUT2D eigenvalue weighted by Crippen LogP contribution is 2.36. The van der Waals surface area contributed by atoms with E-state index < -0.39 is 23.7 Å². The van der Waals surface area contributed by atoms with E-state index in [1.54, 1.807) is 49.4 Å². The van der Waals surface area contributed by atoms with Gasteiger partial charge in [0, 0.05) is 0 Å². The van der Waals surface area contributed by atoms with Crippen molar-refractivity contribution in [1.29, 1.82) is 0 Å². The monoisotopic (exact) mass is 481 g/mol. The molecule has 1 saturated heterocycles. The topological polar surface area (TPSA) is 93.1 Å². The number of carbonyl (C=O) groups excluding carboxylic acids is 2. The van der Waals surface area contributed by atoms with Crippen LogP contribution in [0.1, 0.15) is 18.1 Å². The van der Waals surface area contributed by atoms with Crippen LogP contribution >= 0.6 is 35.0 Å². The number of rotatable bonds is 8. The van der Waals surface area contributed by atoms with Crippen molar-refractivity contribution in [2.75, 3.05) is 13.2 Å². The van der Waals surface area contributed by atoms with E-state index in [1.165, 1.54) is 0 Å². The van der Waals surface area contributed by atoms with Crippen LogP contribution in [-0.4, -0.2) is 40.3 Å². The van der Waals surface area contributed by atoms with Crippen molar-refractivity contribution in [3.8, 4) is 11.5 Å². The molecule has 31 heavy (non-hydrogen) atoms. The van der Waals surface area contributed by atoms with E-state index in [0.717, 1.165) is 16.7 Å². The largest absolute Gasteiger partial charge is 0.490 e. The second-order valence-electron chi connectivity index (χ2n) is 6.34. The molecule has 1 aliphatic heterocycles. The number of halogens is 2. The van der Waals surface area contributed by atoms with Gasteiger partial charge in [0.25, 0.3) is 11.1 Å². The number of amides is 2. The molecule has 3 rings (SSSR count). The first-order valence-electron chi connectivity index (χ1n) is 9.09. The van der Waals surface area contributed by atoms with E-state index in [-0.39, 0.29) is 17.2 Å². The van der Waals surface area contributed by atoms with Crippen molar-refractivity contribution in [2.45, 2.75) is 13.5 Å². The molecule has 162 valence electrons. The van der Waals surface area contributed by atoms with E-state index >= 15 is 0 Å². The first-order chi connectivity index (χ1) is 14.8. The zero-order valence-electron chi connectivity index (χ0n) is 16.3. The normalized spacial score (nSPS) is 14.9. The number of carbonyl (C=O) groups is 3. The fourth-order valence-electron chi connectivity index (χ4n) is 2.75. The van der Waals surface area contributed by atoms with Crippen LogP contribution < -0.4 is 9.47 Å². The summed E-state index contributed by atoms with van der Waals surface area (Å²) in [5, 5.41) is 9.12. The summed E-state index contributed by atoms with van der Waals surface area (Å²) in [4.78, 5) is 37.3. The number of thioether (sulfide) groups is 1. The Balaban J connectivity index is 1.80. The van der Waals surface area contributed by atoms with Crippen molar-refractivity contribution in [1.82, 2.24) is 4.90 Å². The highest BCUT2D eigenvalue weighted by Gasteiger charge is 2.35. The van der Waals surface area contributed by atoms with Crippen molar-refractivity contribution >= 4 is 58.2 Å². The molecular formula is C21H17Cl2NO6S. The summed E-state index contributed by atoms with van der Waals surface area (Å²) in [7, 11) is 0. The Morgan fingerprint density at radius 2 is 1.87 bits per heavy atom. The summed E-state index contributed by atoms with van der Waals surface area (Å²) in [5.41, 5.74) is 1.28. The summed E-state index contributed by atoms with van der Waals surface area (Å²) in [6.07, 6.45) is 1.57. The predicted molar refractivity (Wildman–Crippen MR) is 119 cm³/mol. The molecule has 0 aliphatic carbocycles. The zero-order valence-corrected chi connectivity index (χ0v) is 18.6. The average molecular weight is 482 g/mol. The maximum Gasteiger partial charge on any atom is 0.341 e. The van der Waals surface area contributed by atoms with Crippen LogP contribution in [0.4, 0.5) is 4.79 Å². The second kappa shape index (κ2) is 10.1. The molecule has 0 spiro atoms. The number of benzene rings is 2. The highest BCUT2D eigenvalue weighted by molar-refractivity contribution is 8.18. The molecule has 1 heterocycles. The first-order valence-corrected chi connectivity index (χ1v) is 10.7. The molecule has 1 N–H and O–H groups in total. The lowest BCUT2D eigenvalue weighted by molar-refractivity contribution is -0.139. The van der Waals surface area contributed by atoms with Crippen LogP contribution in [0.5, 0.6) is 11.5 Å². The summed E-state index contributed by atoms with van der Waals surface area (Å²) >= 11 is 12.7. The van der Waals surface area contributed by atoms with E-state index in [1.807, 2.05) is 0 Å². The van der Waals surface area contributed by atoms with Gasteiger partial charge in [0.2, 0.25) is 0 Å². The Kier molecular flexibility index (Phi) is 7.48. The third-order valence-corrected chi connectivity index (χ3v) is 5.76. The van der Waals surface area contributed by atoms with Crippen LogP contribution in [0.25, 0.3) is 6.08 Å². The number of hydrogen-bond acceptors (Lipinski definition) is 6. The summed E-state index contributed by atoms with van der Waals surface area (Å²) < 4.78 is 10.7. The zero-order chi connectivity index (χ0) is 22.5. The number of carboxylic acids is 1. The standard InChI is InChI=1S/C21H17Cl2NO6S/c1-2-29-17-8-12(4-6-16(17)30-11-19(25)26)9-18-20(27)24(21(28)31-18)10-13-3-5-14(22)15(23)7-13/h3-9H,2,10-11H2,1H3,(H,25,26)/b18-9+. The van der Waals surface area contributed by atoms with Gasteiger partial charge in [-0.15, -0.1) is 0 Å². The van der Waals surface area contributed by atoms with Crippen molar-refractivity contribution in [3.63, 3.8) is 0 Å². The maximum atomic E-state index is 12.8. The number of nitrogens with zero attached hydrogens (tertiary/aromatic N) is 1. The third-order valence-electron chi connectivity index (χ3n) is 4.11. The minimum Gasteiger partial charge on any atom is -0.490 e. The van der Waals surface area contributed by atoms with Crippen molar-refractivity contribution in [3.05, 3.63) is 62.5 Å². The third kappa shape index (κ3) is 5.72. The van der Waals surface area contributed by atoms with Gasteiger partial charge in [-0.2, -0.15) is 0 Å². The molecule has 2 amide bonds. The molecule has 7 nitrogen and oxygen atoms in total. The van der Waals surface area contributed by atoms with Crippen molar-refractivity contribution in [2.24, 2.45) is 0 Å². The quantitative estimate of drug-likeness (QED) is 0.524. The van der Waals surface area contributed by atoms with Crippen LogP contribution in [0.15, 0.2) is 41.3 Å². The van der Waals surface area contributed by atoms with Gasteiger partial charge in [-0.05, 0) is 60.2 Å². The molecule has 2 aromatic rings. The Morgan fingerprint density at radius 3 is 2.55 bits per heavy atom. The molecule has 0 unspecified atom stereocenters. The van der Waals surface area contributed by atoms with Crippen LogP contribution in [0.3, 0.4) is 0 Å². The van der Waals surface area contributed by atoms with Gasteiger partial charge in [-0.1, -0.05) is 35.3 Å². The fourth-order valence-corrected chi connectivity index (χ4v) is 3.91. The minimum atomic E-state index is -1.11. The van der Waals surface area contributed by atoms with Gasteiger partial charge in [-0.3, -0.25) is 14.5 Å². The SMILES string of the molecule is CCOc1cc(/C=C2/SC(=O)N(Cc3ccc(Cl)c(Cl)c3)C2=O)ccc1OCC(=O)O. The summed E-state index contributed by atoms with van der Waals surface area (Å²) in [5.74, 6) is -0.922. The second-order valence-corrected chi connectivity index (χ2v) is 8.15. The minimum absolute atomic E-state index is 0.0745. The first kappa shape index (κ1) is 23.0. The van der Waals surface area contributed by atoms with Gasteiger partial charge in [-0.25, -0.2) is 4.79 Å². The molecule has 0 radical (unpaired) electrons. The smallest absolute Gasteiger partial charge is 0.341 e. The van der Waals surface area contributed by atoms with Gasteiger partial charge in [0.1, 0.15) is 0 Å². The average Bonchev–Trinajstić information content (AvgIpc) is 2.97. The molecule has 0 atom stereocenters. The van der Waals surface area contributed by atoms with E-state index in [0.29, 0.717) is 33.5 Å². The number of carboxylic acid groups (broad SMARTS) is 1. The molecular weight excluding hydrogens is 465 g/mol. The molecule has 10 heteroatoms. The van der Waals surface area contributed by atoms with Gasteiger partial charge in [0.05, 0.1) is 28.1 Å². The molecule has 0 bridgehead atoms. The Morgan fingerprint density at radius 1 is 1.10 bits per heavy atom. The molecule has 1 fully saturated rings. The van der Waals surface area contributed by atoms with Crippen LogP contribution in [-0.2, 0) is 16.1 Å². The van der Waals surface area contributed by atoms with Gasteiger partial charge >= 0.3 is 5.97 Å². The van der Waals surface area contributed by atoms with Gasteiger partial charge < -0.3 is 14.6 Å². The van der Waals surface area contributed by atoms with E-state index in [2.05, 4.69) is 0 Å². The van der Waals surface area contributed by atoms with Crippen LogP contribution in [0, 0.1) is 0 Å². The van der Waals surface area contributed by atoms with E-state index in [9.17, 15) is 14.4 Å². The molecule has 1 aliphatic rings. The van der Waals surface area contributed by atoms with Crippen LogP contribution in [0.2, 0.25) is 10.0 Å². The molecule has 0 saturated carbocycles. The number of ether oxygens (including phenoxy) is 2. The fraction of sp³-hybridized carbons (Fsp3) is 0.190. The maximum absolute atomic E-state index is 12.8. The Labute approximate surface area is 192 Å². The summed E-state index contributed by atoms with van der Waals surface area (Å²) in [6, 6.07) is 9.74. The summed E-state index contributed by atoms with van der Waals surface area (Å²) in [6.45, 7) is 1.69. The Hall–Kier alpha value is -2.68. The lowest BCUT2D eigenvalue weighted by Crippen LogP contribution is -2.27. The molecule has 2 aromatic carbocycles.